The van der Waals surface area contributed by atoms with Gasteiger partial charge in [-0.15, -0.1) is 0 Å². The fraction of sp³-hybridized carbons (Fsp3) is 0.448. The Hall–Kier alpha value is -9.64. The third-order valence-corrected chi connectivity index (χ3v) is 14.2. The van der Waals surface area contributed by atoms with Gasteiger partial charge in [-0.3, -0.25) is 57.7 Å². The van der Waals surface area contributed by atoms with Gasteiger partial charge in [-0.1, -0.05) is 74.0 Å². The minimum absolute atomic E-state index is 0.0290. The van der Waals surface area contributed by atoms with Crippen molar-refractivity contribution in [1.82, 2.24) is 57.7 Å². The summed E-state index contributed by atoms with van der Waals surface area (Å²) in [6.07, 6.45) is -1.90. The van der Waals surface area contributed by atoms with Crippen LogP contribution in [-0.4, -0.2) is 183 Å². The number of aliphatic imine (C=N–C) groups is 1. The molecule has 87 heavy (non-hydrogen) atoms. The Balaban J connectivity index is 1.26. The molecule has 0 aliphatic carbocycles. The minimum Gasteiger partial charge on any atom is -0.508 e. The molecule has 5 rings (SSSR count). The first kappa shape index (κ1) is 68.1. The maximum atomic E-state index is 14.1. The van der Waals surface area contributed by atoms with Gasteiger partial charge in [-0.2, -0.15) is 0 Å². The number of rotatable bonds is 32. The van der Waals surface area contributed by atoms with Crippen LogP contribution >= 0.6 is 0 Å². The summed E-state index contributed by atoms with van der Waals surface area (Å²) in [5.74, 6) is -9.84. The van der Waals surface area contributed by atoms with Crippen LogP contribution in [0, 0.1) is 0 Å². The van der Waals surface area contributed by atoms with Crippen molar-refractivity contribution >= 4 is 81.8 Å². The lowest BCUT2D eigenvalue weighted by molar-refractivity contribution is -0.142. The molecule has 1 aliphatic heterocycles. The summed E-state index contributed by atoms with van der Waals surface area (Å²) in [6.45, 7) is 3.20. The van der Waals surface area contributed by atoms with Crippen molar-refractivity contribution in [1.29, 1.82) is 0 Å². The molecule has 0 spiro atoms. The second kappa shape index (κ2) is 33.2. The van der Waals surface area contributed by atoms with E-state index >= 15 is 0 Å². The van der Waals surface area contributed by atoms with E-state index in [1.54, 1.807) is 43.5 Å². The number of amides is 11. The van der Waals surface area contributed by atoms with Gasteiger partial charge in [0.05, 0.1) is 25.2 Å². The summed E-state index contributed by atoms with van der Waals surface area (Å²) in [6, 6.07) is 9.89. The summed E-state index contributed by atoms with van der Waals surface area (Å²) >= 11 is 0. The lowest BCUT2D eigenvalue weighted by atomic mass is 10.0. The number of aliphatic hydroxyl groups excluding tert-OH is 2. The van der Waals surface area contributed by atoms with E-state index < -0.39 is 138 Å². The van der Waals surface area contributed by atoms with Gasteiger partial charge in [0.15, 0.2) is 5.96 Å². The number of benzene rings is 3. The van der Waals surface area contributed by atoms with Gasteiger partial charge in [-0.25, -0.2) is 0 Å². The molecule has 4 aromatic rings. The van der Waals surface area contributed by atoms with Crippen LogP contribution in [0.15, 0.2) is 90.1 Å². The molecule has 1 fully saturated rings. The summed E-state index contributed by atoms with van der Waals surface area (Å²) in [4.78, 5) is 157. The Morgan fingerprint density at radius 3 is 1.92 bits per heavy atom. The van der Waals surface area contributed by atoms with Crippen molar-refractivity contribution in [2.45, 2.75) is 139 Å². The topological polar surface area (TPSA) is 466 Å². The lowest BCUT2D eigenvalue weighted by Gasteiger charge is -2.30. The Morgan fingerprint density at radius 1 is 0.678 bits per heavy atom. The van der Waals surface area contributed by atoms with Crippen molar-refractivity contribution in [2.24, 2.45) is 22.2 Å². The number of H-pyrrole nitrogens is 1. The number of primary amides is 2. The standard InChI is InChI=1S/C58H79N15O14/c1-5-12-40(52(82)68-41(17-11-22-63-58(61)62-4)53(83)69-42(50(60)80)25-35-28-64-39-16-10-9-15-38(35)39)67-48(79)29-65-51(81)43(23-33-13-7-6-8-14-33)71-56(86)49(31(2)74)72-54(84)44(27-47(59)78)70-55(85)46-26-37(77)30-73(46)57(87)45(66-32(3)75)24-34-18-20-36(76)21-19-34/h6-10,13-16,18-21,28,31,37,40-46,49,64,74,76-77H,5,11-12,17,22-27,29-30H2,1-4H3,(H2,59,78)(H2,60,80)(H,65,81)(H,66,75)(H,67,79)(H,68,82)(H,69,83)(H,70,85)(H,71,86)(H,72,84)(H3,61,62,63)/t31-,37-,40+,41+,42+,43+,44+,45-,46+,49+/m1/s1. The molecule has 0 saturated carbocycles. The van der Waals surface area contributed by atoms with Crippen LogP contribution in [0.3, 0.4) is 0 Å². The third-order valence-electron chi connectivity index (χ3n) is 14.2. The summed E-state index contributed by atoms with van der Waals surface area (Å²) in [5.41, 5.74) is 19.6. The number of phenolic OH excluding ortho intramolecular Hbond substituents is 1. The molecule has 0 unspecified atom stereocenters. The molecule has 29 heteroatoms. The number of para-hydroxylation sites is 1. The molecule has 1 aromatic heterocycles. The first-order valence-corrected chi connectivity index (χ1v) is 28.3. The van der Waals surface area contributed by atoms with E-state index in [0.29, 0.717) is 23.1 Å². The highest BCUT2D eigenvalue weighted by atomic mass is 16.3. The molecule has 2 heterocycles. The van der Waals surface area contributed by atoms with E-state index in [0.717, 1.165) is 22.7 Å². The zero-order valence-electron chi connectivity index (χ0n) is 48.8. The number of nitrogens with two attached hydrogens (primary N) is 3. The predicted molar refractivity (Wildman–Crippen MR) is 317 cm³/mol. The van der Waals surface area contributed by atoms with Gasteiger partial charge < -0.3 is 90.3 Å². The van der Waals surface area contributed by atoms with E-state index in [1.807, 2.05) is 24.3 Å². The number of hydrogen-bond acceptors (Lipinski definition) is 15. The molecule has 11 amide bonds. The number of phenols is 1. The maximum absolute atomic E-state index is 14.1. The summed E-state index contributed by atoms with van der Waals surface area (Å²) in [7, 11) is 1.48. The maximum Gasteiger partial charge on any atom is 0.246 e. The van der Waals surface area contributed by atoms with Crippen LogP contribution in [0.1, 0.15) is 76.0 Å². The zero-order chi connectivity index (χ0) is 63.9. The fourth-order valence-corrected chi connectivity index (χ4v) is 9.73. The molecular weight excluding hydrogens is 1130 g/mol. The molecule has 470 valence electrons. The Morgan fingerprint density at radius 2 is 1.29 bits per heavy atom. The first-order chi connectivity index (χ1) is 41.4. The molecule has 10 atom stereocenters. The van der Waals surface area contributed by atoms with Gasteiger partial charge in [0.1, 0.15) is 54.1 Å². The Labute approximate surface area is 501 Å². The largest absolute Gasteiger partial charge is 0.508 e. The van der Waals surface area contributed by atoms with E-state index in [9.17, 15) is 68.1 Å². The average molecular weight is 1210 g/mol. The van der Waals surface area contributed by atoms with E-state index in [-0.39, 0.29) is 69.7 Å². The molecule has 1 saturated heterocycles. The smallest absolute Gasteiger partial charge is 0.246 e. The number of guanidine groups is 1. The molecule has 1 aliphatic rings. The molecule has 19 N–H and O–H groups in total. The highest BCUT2D eigenvalue weighted by molar-refractivity contribution is 5.99. The quantitative estimate of drug-likeness (QED) is 0.0127. The third kappa shape index (κ3) is 21.1. The fourth-order valence-electron chi connectivity index (χ4n) is 9.73. The van der Waals surface area contributed by atoms with Crippen molar-refractivity contribution < 1.29 is 68.1 Å². The van der Waals surface area contributed by atoms with Crippen LogP contribution in [-0.2, 0) is 72.0 Å². The highest BCUT2D eigenvalue weighted by Gasteiger charge is 2.43. The molecule has 3 aromatic carbocycles. The highest BCUT2D eigenvalue weighted by Crippen LogP contribution is 2.23. The molecule has 29 nitrogen and oxygen atoms in total. The number of carbonyl (C=O) groups excluding carboxylic acids is 11. The van der Waals surface area contributed by atoms with Gasteiger partial charge in [0.2, 0.25) is 65.0 Å². The number of fused-ring (bicyclic) bond motifs is 1. The van der Waals surface area contributed by atoms with Gasteiger partial charge in [0.25, 0.3) is 0 Å². The number of aromatic nitrogens is 1. The van der Waals surface area contributed by atoms with Gasteiger partial charge in [0, 0.05) is 69.8 Å². The number of hydrogen-bond donors (Lipinski definition) is 16. The number of aromatic hydroxyl groups is 1. The number of carbonyl (C=O) groups is 11. The number of aliphatic hydroxyl groups is 2. The predicted octanol–water partition coefficient (Wildman–Crippen LogP) is -3.75. The van der Waals surface area contributed by atoms with Crippen LogP contribution in [0.4, 0.5) is 0 Å². The van der Waals surface area contributed by atoms with Crippen molar-refractivity contribution in [2.75, 3.05) is 26.7 Å². The van der Waals surface area contributed by atoms with Crippen LogP contribution < -0.4 is 65.1 Å². The van der Waals surface area contributed by atoms with Crippen LogP contribution in [0.25, 0.3) is 10.9 Å². The van der Waals surface area contributed by atoms with Crippen molar-refractivity contribution in [3.63, 3.8) is 0 Å². The zero-order valence-corrected chi connectivity index (χ0v) is 48.8. The van der Waals surface area contributed by atoms with Gasteiger partial charge >= 0.3 is 0 Å². The SMILES string of the molecule is CCC[C@H](NC(=O)CNC(=O)[C@H](Cc1ccccc1)NC(=O)[C@@H](NC(=O)[C@H](CC(N)=O)NC(=O)[C@@H]1C[C@@H](O)CN1C(=O)[C@@H](Cc1ccc(O)cc1)NC(C)=O)[C@@H](C)O)C(=O)N[C@@H](CCCNC(N)=NC)C(=O)N[C@@H](Cc1c[nH]c2ccccc12)C(N)=O. The summed E-state index contributed by atoms with van der Waals surface area (Å²) < 4.78 is 0. The normalized spacial score (nSPS) is 16.7. The Bertz CT molecular complexity index is 3100. The molecule has 0 radical (unpaired) electrons. The molecular formula is C58H79N15O14. The minimum atomic E-state index is -1.87. The number of β-amino-alcohol motifs (C(OH)–C–C–N with tert-alkyl or cyclic N) is 1. The first-order valence-electron chi connectivity index (χ1n) is 28.3. The monoisotopic (exact) mass is 1210 g/mol. The lowest BCUT2D eigenvalue weighted by Crippen LogP contribution is -2.61. The van der Waals surface area contributed by atoms with Crippen LogP contribution in [0.2, 0.25) is 0 Å². The number of nitrogens with zero attached hydrogens (tertiary/aromatic N) is 2. The van der Waals surface area contributed by atoms with Crippen LogP contribution in [0.5, 0.6) is 5.75 Å². The van der Waals surface area contributed by atoms with E-state index in [2.05, 4.69) is 57.8 Å². The second-order valence-electron chi connectivity index (χ2n) is 21.1. The molecule has 0 bridgehead atoms. The average Bonchev–Trinajstić information content (AvgIpc) is 2.73. The number of aromatic amines is 1. The summed E-state index contributed by atoms with van der Waals surface area (Å²) in [5, 5.41) is 55.1. The van der Waals surface area contributed by atoms with E-state index in [1.165, 1.54) is 38.2 Å². The van der Waals surface area contributed by atoms with Crippen molar-refractivity contribution in [3.05, 3.63) is 102 Å². The van der Waals surface area contributed by atoms with Gasteiger partial charge in [-0.05, 0) is 61.1 Å². The second-order valence-corrected chi connectivity index (χ2v) is 21.1. The number of nitrogens with one attached hydrogen (secondary N) is 10. The Kier molecular flexibility index (Phi) is 26.0. The van der Waals surface area contributed by atoms with Crippen molar-refractivity contribution in [3.8, 4) is 5.75 Å². The van der Waals surface area contributed by atoms with E-state index in [4.69, 9.17) is 17.2 Å². The number of likely N-dealkylation sites (tertiary alicyclic amines) is 1.